The molecule has 21 heavy (non-hydrogen) atoms. The molecule has 6 nitrogen and oxygen atoms in total. The summed E-state index contributed by atoms with van der Waals surface area (Å²) in [6.45, 7) is 1.77. The lowest BCUT2D eigenvalue weighted by molar-refractivity contribution is 0.112. The normalized spacial score (nSPS) is 11.4. The first-order valence-corrected chi connectivity index (χ1v) is 8.15. The van der Waals surface area contributed by atoms with E-state index in [1.54, 1.807) is 41.9 Å². The summed E-state index contributed by atoms with van der Waals surface area (Å²) in [6.07, 6.45) is 5.20. The monoisotopic (exact) mass is 307 g/mol. The molecule has 7 heteroatoms. The predicted molar refractivity (Wildman–Crippen MR) is 80.9 cm³/mol. The van der Waals surface area contributed by atoms with Crippen molar-refractivity contribution in [3.8, 4) is 0 Å². The second kappa shape index (κ2) is 5.33. The molecule has 0 aliphatic carbocycles. The summed E-state index contributed by atoms with van der Waals surface area (Å²) in [7, 11) is 0.0981. The molecule has 0 spiro atoms. The van der Waals surface area contributed by atoms with Crippen LogP contribution in [-0.4, -0.2) is 37.6 Å². The molecule has 0 radical (unpaired) electrons. The minimum absolute atomic E-state index is 0.112. The van der Waals surface area contributed by atoms with E-state index in [0.29, 0.717) is 29.0 Å². The fraction of sp³-hybridized carbons (Fsp3) is 0.286. The van der Waals surface area contributed by atoms with Crippen LogP contribution in [0.2, 0.25) is 0 Å². The van der Waals surface area contributed by atoms with Crippen LogP contribution in [0.4, 0.5) is 11.6 Å². The number of hydrogen-bond acceptors (Lipinski definition) is 5. The highest BCUT2D eigenvalue weighted by atomic mass is 32.2. The zero-order valence-electron chi connectivity index (χ0n) is 12.4. The van der Waals surface area contributed by atoms with Gasteiger partial charge in [0.1, 0.15) is 6.29 Å². The van der Waals surface area contributed by atoms with E-state index in [1.807, 2.05) is 7.05 Å². The zero-order chi connectivity index (χ0) is 15.8. The minimum Gasteiger partial charge on any atom is -0.320 e. The van der Waals surface area contributed by atoms with Gasteiger partial charge in [-0.25, -0.2) is 13.4 Å². The van der Waals surface area contributed by atoms with Crippen LogP contribution in [0.5, 0.6) is 0 Å². The van der Waals surface area contributed by atoms with E-state index in [1.165, 1.54) is 6.07 Å². The molecule has 0 aliphatic rings. The number of rotatable bonds is 4. The summed E-state index contributed by atoms with van der Waals surface area (Å²) in [6, 6.07) is 3.10. The molecular formula is C14H17N3O3S. The molecule has 0 saturated carbocycles. The number of carbonyl (C=O) groups is 1. The highest BCUT2D eigenvalue weighted by Gasteiger charge is 2.21. The first kappa shape index (κ1) is 15.2. The fourth-order valence-corrected chi connectivity index (χ4v) is 3.08. The molecule has 1 aromatic heterocycles. The zero-order valence-corrected chi connectivity index (χ0v) is 13.2. The molecule has 1 heterocycles. The Morgan fingerprint density at radius 3 is 2.48 bits per heavy atom. The molecule has 0 saturated heterocycles. The van der Waals surface area contributed by atoms with Gasteiger partial charge in [-0.15, -0.1) is 0 Å². The standard InChI is InChI=1S/C14H17N3O3S/c1-10-7-12(17(3)14-15-5-6-16(14)2)13(21(4,19)20)8-11(10)9-18/h5-9H,1-4H3. The number of aromatic nitrogens is 2. The van der Waals surface area contributed by atoms with Crippen molar-refractivity contribution in [1.82, 2.24) is 9.55 Å². The number of imidazole rings is 1. The Morgan fingerprint density at radius 1 is 1.33 bits per heavy atom. The highest BCUT2D eigenvalue weighted by molar-refractivity contribution is 7.90. The molecule has 2 rings (SSSR count). The number of aryl methyl sites for hydroxylation is 2. The summed E-state index contributed by atoms with van der Waals surface area (Å²) in [5.41, 5.74) is 1.58. The Bertz CT molecular complexity index is 794. The van der Waals surface area contributed by atoms with Crippen LogP contribution in [0.15, 0.2) is 29.4 Å². The molecular weight excluding hydrogens is 290 g/mol. The van der Waals surface area contributed by atoms with Gasteiger partial charge in [0, 0.05) is 38.3 Å². The quantitative estimate of drug-likeness (QED) is 0.804. The lowest BCUT2D eigenvalue weighted by Crippen LogP contribution is -2.18. The van der Waals surface area contributed by atoms with Crippen LogP contribution >= 0.6 is 0 Å². The van der Waals surface area contributed by atoms with Gasteiger partial charge in [-0.05, 0) is 24.6 Å². The van der Waals surface area contributed by atoms with Gasteiger partial charge in [0.05, 0.1) is 10.6 Å². The summed E-state index contributed by atoms with van der Waals surface area (Å²) < 4.78 is 25.8. The van der Waals surface area contributed by atoms with E-state index in [9.17, 15) is 13.2 Å². The SMILES string of the molecule is Cc1cc(N(C)c2nccn2C)c(S(C)(=O)=O)cc1C=O. The largest absolute Gasteiger partial charge is 0.320 e. The van der Waals surface area contributed by atoms with Crippen molar-refractivity contribution in [3.63, 3.8) is 0 Å². The third-order valence-electron chi connectivity index (χ3n) is 3.33. The molecule has 0 atom stereocenters. The summed E-state index contributed by atoms with van der Waals surface area (Å²) in [5.74, 6) is 0.609. The van der Waals surface area contributed by atoms with E-state index in [2.05, 4.69) is 4.98 Å². The van der Waals surface area contributed by atoms with E-state index in [-0.39, 0.29) is 4.90 Å². The maximum Gasteiger partial charge on any atom is 0.209 e. The van der Waals surface area contributed by atoms with E-state index >= 15 is 0 Å². The number of carbonyl (C=O) groups excluding carboxylic acids is 1. The topological polar surface area (TPSA) is 72.3 Å². The van der Waals surface area contributed by atoms with Gasteiger partial charge < -0.3 is 9.47 Å². The van der Waals surface area contributed by atoms with Crippen molar-refractivity contribution in [2.24, 2.45) is 7.05 Å². The molecule has 112 valence electrons. The van der Waals surface area contributed by atoms with Gasteiger partial charge in [-0.1, -0.05) is 0 Å². The first-order valence-electron chi connectivity index (χ1n) is 6.26. The minimum atomic E-state index is -3.47. The second-order valence-electron chi connectivity index (χ2n) is 4.96. The molecule has 0 bridgehead atoms. The van der Waals surface area contributed by atoms with Gasteiger partial charge in [-0.2, -0.15) is 0 Å². The van der Waals surface area contributed by atoms with Crippen LogP contribution in [0.1, 0.15) is 15.9 Å². The number of sulfone groups is 1. The molecule has 1 aromatic carbocycles. The first-order chi connectivity index (χ1) is 9.75. The van der Waals surface area contributed by atoms with Gasteiger partial charge in [0.15, 0.2) is 9.84 Å². The number of hydrogen-bond donors (Lipinski definition) is 0. The van der Waals surface area contributed by atoms with Crippen LogP contribution in [0.25, 0.3) is 0 Å². The number of nitrogens with zero attached hydrogens (tertiary/aromatic N) is 3. The summed E-state index contributed by atoms with van der Waals surface area (Å²) in [5, 5.41) is 0. The lowest BCUT2D eigenvalue weighted by Gasteiger charge is -2.22. The maximum atomic E-state index is 12.0. The Kier molecular flexibility index (Phi) is 3.87. The molecule has 0 amide bonds. The summed E-state index contributed by atoms with van der Waals surface area (Å²) >= 11 is 0. The lowest BCUT2D eigenvalue weighted by atomic mass is 10.1. The Balaban J connectivity index is 2.71. The van der Waals surface area contributed by atoms with Crippen LogP contribution in [-0.2, 0) is 16.9 Å². The molecule has 0 N–H and O–H groups in total. The van der Waals surface area contributed by atoms with Crippen molar-refractivity contribution in [2.75, 3.05) is 18.2 Å². The number of aldehydes is 1. The summed E-state index contributed by atoms with van der Waals surface area (Å²) in [4.78, 5) is 17.1. The average molecular weight is 307 g/mol. The smallest absolute Gasteiger partial charge is 0.209 e. The van der Waals surface area contributed by atoms with E-state index in [4.69, 9.17) is 0 Å². The predicted octanol–water partition coefficient (Wildman–Crippen LogP) is 1.71. The number of benzene rings is 1. The Morgan fingerprint density at radius 2 is 2.00 bits per heavy atom. The Hall–Kier alpha value is -2.15. The van der Waals surface area contributed by atoms with Crippen LogP contribution in [0.3, 0.4) is 0 Å². The molecule has 0 unspecified atom stereocenters. The van der Waals surface area contributed by atoms with Crippen molar-refractivity contribution in [1.29, 1.82) is 0 Å². The van der Waals surface area contributed by atoms with E-state index in [0.717, 1.165) is 6.26 Å². The van der Waals surface area contributed by atoms with Gasteiger partial charge in [0.25, 0.3) is 0 Å². The molecule has 2 aromatic rings. The number of anilines is 2. The van der Waals surface area contributed by atoms with Gasteiger partial charge >= 0.3 is 0 Å². The van der Waals surface area contributed by atoms with Crippen molar-refractivity contribution in [2.45, 2.75) is 11.8 Å². The molecule has 0 aliphatic heterocycles. The van der Waals surface area contributed by atoms with Crippen molar-refractivity contribution < 1.29 is 13.2 Å². The maximum absolute atomic E-state index is 12.0. The Labute approximate surface area is 123 Å². The second-order valence-corrected chi connectivity index (χ2v) is 6.95. The van der Waals surface area contributed by atoms with Crippen molar-refractivity contribution >= 4 is 27.8 Å². The third-order valence-corrected chi connectivity index (χ3v) is 4.46. The van der Waals surface area contributed by atoms with Crippen molar-refractivity contribution in [3.05, 3.63) is 35.7 Å². The van der Waals surface area contributed by atoms with Crippen LogP contribution < -0.4 is 4.90 Å². The molecule has 0 fully saturated rings. The van der Waals surface area contributed by atoms with Crippen LogP contribution in [0, 0.1) is 6.92 Å². The third kappa shape index (κ3) is 2.82. The van der Waals surface area contributed by atoms with E-state index < -0.39 is 9.84 Å². The average Bonchev–Trinajstić information content (AvgIpc) is 2.82. The highest BCUT2D eigenvalue weighted by Crippen LogP contribution is 2.31. The van der Waals surface area contributed by atoms with Gasteiger partial charge in [0.2, 0.25) is 5.95 Å². The van der Waals surface area contributed by atoms with Gasteiger partial charge in [-0.3, -0.25) is 4.79 Å². The fourth-order valence-electron chi connectivity index (χ4n) is 2.16.